The number of aryl methyl sites for hydroxylation is 1. The number of nitrogens with zero attached hydrogens (tertiary/aromatic N) is 3. The molecule has 4 rings (SSSR count). The van der Waals surface area contributed by atoms with Gasteiger partial charge in [-0.2, -0.15) is 21.6 Å². The van der Waals surface area contributed by atoms with Crippen LogP contribution in [0.3, 0.4) is 0 Å². The maximum Gasteiger partial charge on any atom is 0.416 e. The maximum absolute atomic E-state index is 13.3. The first-order valence-corrected chi connectivity index (χ1v) is 13.3. The summed E-state index contributed by atoms with van der Waals surface area (Å²) in [6.07, 6.45) is 1.87. The highest BCUT2D eigenvalue weighted by atomic mass is 32.2. The molecule has 0 aliphatic heterocycles. The van der Waals surface area contributed by atoms with Gasteiger partial charge in [0.25, 0.3) is 0 Å². The number of rotatable bonds is 9. The Morgan fingerprint density at radius 3 is 2.74 bits per heavy atom. The molecule has 0 bridgehead atoms. The van der Waals surface area contributed by atoms with Gasteiger partial charge in [0.05, 0.1) is 29.5 Å². The number of ketones is 1. The Morgan fingerprint density at radius 1 is 1.26 bits per heavy atom. The van der Waals surface area contributed by atoms with Crippen LogP contribution < -0.4 is 5.14 Å². The molecule has 0 unspecified atom stereocenters. The third-order valence-electron chi connectivity index (χ3n) is 6.57. The van der Waals surface area contributed by atoms with E-state index in [1.54, 1.807) is 36.0 Å². The Bertz CT molecular complexity index is 1420. The molecule has 3 aromatic rings. The van der Waals surface area contributed by atoms with Crippen molar-refractivity contribution in [2.24, 2.45) is 17.0 Å². The van der Waals surface area contributed by atoms with E-state index >= 15 is 0 Å². The summed E-state index contributed by atoms with van der Waals surface area (Å²) in [5, 5.41) is 15.2. The molecule has 0 spiro atoms. The number of benzene rings is 1. The van der Waals surface area contributed by atoms with E-state index in [9.17, 15) is 31.5 Å². The van der Waals surface area contributed by atoms with Crippen LogP contribution in [-0.2, 0) is 33.6 Å². The van der Waals surface area contributed by atoms with E-state index in [2.05, 4.69) is 14.2 Å². The third-order valence-corrected chi connectivity index (χ3v) is 7.03. The smallest absolute Gasteiger partial charge is 0.393 e. The Kier molecular flexibility index (Phi) is 8.02. The predicted octanol–water partition coefficient (Wildman–Crippen LogP) is 3.03. The van der Waals surface area contributed by atoms with E-state index in [1.165, 1.54) is 12.5 Å². The molecule has 38 heavy (non-hydrogen) atoms. The first kappa shape index (κ1) is 27.9. The largest absolute Gasteiger partial charge is 0.416 e. The van der Waals surface area contributed by atoms with Gasteiger partial charge in [0, 0.05) is 36.6 Å². The van der Waals surface area contributed by atoms with Crippen LogP contribution in [-0.4, -0.2) is 46.6 Å². The molecule has 13 heteroatoms. The molecule has 3 N–H and O–H groups in total. The molecule has 1 aromatic carbocycles. The average molecular weight is 553 g/mol. The Balaban J connectivity index is 1.46. The van der Waals surface area contributed by atoms with Crippen molar-refractivity contribution >= 4 is 16.1 Å². The van der Waals surface area contributed by atoms with Crippen molar-refractivity contribution in [3.05, 3.63) is 82.7 Å². The lowest BCUT2D eigenvalue weighted by Gasteiger charge is -2.13. The molecule has 1 fully saturated rings. The van der Waals surface area contributed by atoms with E-state index in [-0.39, 0.29) is 30.4 Å². The van der Waals surface area contributed by atoms with Crippen molar-refractivity contribution in [1.82, 2.24) is 14.5 Å². The second-order valence-corrected chi connectivity index (χ2v) is 10.9. The normalized spacial score (nSPS) is 20.1. The standard InChI is InChI=1S/C25H27F3N4O5S/c1-15-4-17(7-20(5-15)25(26,27)28)11-32-3-2-18(12-32)24(34)21-10-30-14-31-22(21)8-16-6-19(23(33)9-16)13-37-38(29,35)36/h2-5,7,10,12,14,16,19,23,33H,6,8-9,11,13H2,1H3,(H2,29,35,36)/t16-,19+,23-/m0/s1. The summed E-state index contributed by atoms with van der Waals surface area (Å²) in [6.45, 7) is 1.52. The van der Waals surface area contributed by atoms with Gasteiger partial charge < -0.3 is 9.67 Å². The van der Waals surface area contributed by atoms with Gasteiger partial charge in [-0.25, -0.2) is 15.1 Å². The van der Waals surface area contributed by atoms with Gasteiger partial charge in [-0.1, -0.05) is 11.6 Å². The molecule has 9 nitrogen and oxygen atoms in total. The number of nitrogens with two attached hydrogens (primary N) is 1. The summed E-state index contributed by atoms with van der Waals surface area (Å²) in [6, 6.07) is 5.43. The number of alkyl halides is 3. The first-order chi connectivity index (χ1) is 17.8. The Morgan fingerprint density at radius 2 is 2.03 bits per heavy atom. The second-order valence-electron chi connectivity index (χ2n) is 9.64. The number of carbonyl (C=O) groups is 1. The van der Waals surface area contributed by atoms with Crippen LogP contribution in [0.4, 0.5) is 13.2 Å². The molecule has 204 valence electrons. The van der Waals surface area contributed by atoms with Gasteiger partial charge in [-0.05, 0) is 55.9 Å². The van der Waals surface area contributed by atoms with Gasteiger partial charge in [0.1, 0.15) is 6.33 Å². The molecule has 2 aromatic heterocycles. The highest BCUT2D eigenvalue weighted by molar-refractivity contribution is 7.84. The van der Waals surface area contributed by atoms with Gasteiger partial charge in [-0.3, -0.25) is 8.98 Å². The number of aromatic nitrogens is 3. The summed E-state index contributed by atoms with van der Waals surface area (Å²) in [7, 11) is -4.12. The Hall–Kier alpha value is -3.13. The van der Waals surface area contributed by atoms with Crippen LogP contribution in [0.5, 0.6) is 0 Å². The molecule has 2 heterocycles. The molecular weight excluding hydrogens is 525 g/mol. The monoisotopic (exact) mass is 552 g/mol. The number of aliphatic hydroxyl groups is 1. The fourth-order valence-electron chi connectivity index (χ4n) is 4.88. The zero-order valence-electron chi connectivity index (χ0n) is 20.4. The van der Waals surface area contributed by atoms with Crippen molar-refractivity contribution in [2.45, 2.75) is 45.0 Å². The van der Waals surface area contributed by atoms with E-state index in [0.717, 1.165) is 12.1 Å². The first-order valence-electron chi connectivity index (χ1n) is 11.8. The van der Waals surface area contributed by atoms with Gasteiger partial charge in [0.15, 0.2) is 5.78 Å². The molecule has 0 radical (unpaired) electrons. The predicted molar refractivity (Wildman–Crippen MR) is 130 cm³/mol. The van der Waals surface area contributed by atoms with Crippen LogP contribution >= 0.6 is 0 Å². The van der Waals surface area contributed by atoms with Crippen molar-refractivity contribution < 1.29 is 35.7 Å². The summed E-state index contributed by atoms with van der Waals surface area (Å²) < 4.78 is 67.9. The van der Waals surface area contributed by atoms with Gasteiger partial charge in [0.2, 0.25) is 0 Å². The quantitative estimate of drug-likeness (QED) is 0.389. The lowest BCUT2D eigenvalue weighted by molar-refractivity contribution is -0.137. The highest BCUT2D eigenvalue weighted by Gasteiger charge is 2.35. The second kappa shape index (κ2) is 10.9. The van der Waals surface area contributed by atoms with E-state index in [0.29, 0.717) is 41.6 Å². The fourth-order valence-corrected chi connectivity index (χ4v) is 5.25. The summed E-state index contributed by atoms with van der Waals surface area (Å²) in [5.74, 6) is -0.839. The van der Waals surface area contributed by atoms with E-state index < -0.39 is 34.1 Å². The molecule has 0 saturated heterocycles. The number of carbonyl (C=O) groups excluding carboxylic acids is 1. The van der Waals surface area contributed by atoms with Gasteiger partial charge >= 0.3 is 16.5 Å². The lowest BCUT2D eigenvalue weighted by Crippen LogP contribution is -2.24. The molecule has 1 saturated carbocycles. The average Bonchev–Trinajstić information content (AvgIpc) is 3.42. The number of aliphatic hydroxyl groups excluding tert-OH is 1. The third kappa shape index (κ3) is 7.04. The minimum atomic E-state index is -4.45. The van der Waals surface area contributed by atoms with Crippen LogP contribution in [0.1, 0.15) is 51.1 Å². The minimum Gasteiger partial charge on any atom is -0.393 e. The zero-order valence-corrected chi connectivity index (χ0v) is 21.2. The van der Waals surface area contributed by atoms with Crippen molar-refractivity contribution in [1.29, 1.82) is 0 Å². The zero-order chi connectivity index (χ0) is 27.7. The number of halogens is 3. The lowest BCUT2D eigenvalue weighted by atomic mass is 9.95. The molecule has 0 amide bonds. The SMILES string of the molecule is Cc1cc(Cn2ccc(C(=O)c3cncnc3C[C@@H]3C[C@H](COS(N)(=O)=O)[C@@H](O)C3)c2)cc(C(F)(F)F)c1. The topological polar surface area (TPSA) is 137 Å². The van der Waals surface area contributed by atoms with Crippen molar-refractivity contribution in [3.8, 4) is 0 Å². The van der Waals surface area contributed by atoms with Crippen LogP contribution in [0.15, 0.2) is 49.2 Å². The van der Waals surface area contributed by atoms with Crippen molar-refractivity contribution in [3.63, 3.8) is 0 Å². The molecular formula is C25H27F3N4O5S. The maximum atomic E-state index is 13.3. The summed E-state index contributed by atoms with van der Waals surface area (Å²) in [4.78, 5) is 21.5. The van der Waals surface area contributed by atoms with Crippen LogP contribution in [0.25, 0.3) is 0 Å². The van der Waals surface area contributed by atoms with E-state index in [1.807, 2.05) is 0 Å². The number of hydrogen-bond acceptors (Lipinski definition) is 7. The van der Waals surface area contributed by atoms with Crippen molar-refractivity contribution in [2.75, 3.05) is 6.61 Å². The molecule has 1 aliphatic rings. The van der Waals surface area contributed by atoms with E-state index in [4.69, 9.17) is 5.14 Å². The Labute approximate surface area is 217 Å². The molecule has 3 atom stereocenters. The summed E-state index contributed by atoms with van der Waals surface area (Å²) in [5.41, 5.74) is 1.31. The van der Waals surface area contributed by atoms with Crippen LogP contribution in [0, 0.1) is 18.8 Å². The molecule has 1 aliphatic carbocycles. The minimum absolute atomic E-state index is 0.0747. The van der Waals surface area contributed by atoms with Gasteiger partial charge in [-0.15, -0.1) is 0 Å². The highest BCUT2D eigenvalue weighted by Crippen LogP contribution is 2.34. The number of hydrogen-bond donors (Lipinski definition) is 2. The fraction of sp³-hybridized carbons (Fsp3) is 0.400. The van der Waals surface area contributed by atoms with Crippen LogP contribution in [0.2, 0.25) is 0 Å². The summed E-state index contributed by atoms with van der Waals surface area (Å²) >= 11 is 0.